The van der Waals surface area contributed by atoms with Gasteiger partial charge in [0.1, 0.15) is 11.5 Å². The Morgan fingerprint density at radius 1 is 1.12 bits per heavy atom. The number of nitrogens with one attached hydrogen (secondary N) is 1. The molecule has 1 N–H and O–H groups in total. The van der Waals surface area contributed by atoms with Crippen LogP contribution in [0.1, 0.15) is 11.3 Å². The lowest BCUT2D eigenvalue weighted by Gasteiger charge is -2.08. The number of halogens is 1. The Morgan fingerprint density at radius 2 is 1.94 bits per heavy atom. The first-order chi connectivity index (χ1) is 7.90. The van der Waals surface area contributed by atoms with Crippen LogP contribution in [0, 0.1) is 0 Å². The lowest BCUT2D eigenvalue weighted by molar-refractivity contribution is -0.00000408. The summed E-state index contributed by atoms with van der Waals surface area (Å²) in [5.74, 6) is 1.85. The van der Waals surface area contributed by atoms with Crippen LogP contribution in [0.2, 0.25) is 0 Å². The van der Waals surface area contributed by atoms with Gasteiger partial charge in [0.15, 0.2) is 0 Å². The topological polar surface area (TPSA) is 34.4 Å². The smallest absolute Gasteiger partial charge is 0.123 e. The molecule has 0 aliphatic rings. The first kappa shape index (κ1) is 13.6. The van der Waals surface area contributed by atoms with Crippen molar-refractivity contribution in [1.29, 1.82) is 0 Å². The van der Waals surface area contributed by atoms with Crippen LogP contribution in [0.3, 0.4) is 0 Å². The van der Waals surface area contributed by atoms with Crippen molar-refractivity contribution in [3.63, 3.8) is 0 Å². The lowest BCUT2D eigenvalue weighted by Crippen LogP contribution is -3.00. The minimum atomic E-state index is 0. The third-order valence-electron chi connectivity index (χ3n) is 2.39. The third kappa shape index (κ3) is 3.80. The maximum absolute atomic E-state index is 5.27. The molecular formula is C13H15ClNO2-. The van der Waals surface area contributed by atoms with Crippen molar-refractivity contribution < 1.29 is 21.6 Å². The second-order valence-corrected chi connectivity index (χ2v) is 3.49. The van der Waals surface area contributed by atoms with E-state index in [4.69, 9.17) is 9.15 Å². The monoisotopic (exact) mass is 252 g/mol. The molecule has 4 heteroatoms. The fourth-order valence-electron chi connectivity index (χ4n) is 1.58. The van der Waals surface area contributed by atoms with E-state index in [9.17, 15) is 0 Å². The highest BCUT2D eigenvalue weighted by Crippen LogP contribution is 2.16. The molecule has 0 fully saturated rings. The SMILES string of the molecule is COc1ccccc1CNCc1ccco1.[Cl-]. The summed E-state index contributed by atoms with van der Waals surface area (Å²) in [6, 6.07) is 11.8. The highest BCUT2D eigenvalue weighted by molar-refractivity contribution is 5.32. The van der Waals surface area contributed by atoms with Gasteiger partial charge in [-0.05, 0) is 18.2 Å². The van der Waals surface area contributed by atoms with E-state index in [1.165, 1.54) is 0 Å². The summed E-state index contributed by atoms with van der Waals surface area (Å²) in [7, 11) is 1.69. The van der Waals surface area contributed by atoms with E-state index in [2.05, 4.69) is 5.32 Å². The van der Waals surface area contributed by atoms with E-state index >= 15 is 0 Å². The molecule has 1 heterocycles. The molecule has 3 nitrogen and oxygen atoms in total. The van der Waals surface area contributed by atoms with Crippen LogP contribution in [-0.4, -0.2) is 7.11 Å². The van der Waals surface area contributed by atoms with Gasteiger partial charge in [0.2, 0.25) is 0 Å². The fraction of sp³-hybridized carbons (Fsp3) is 0.231. The van der Waals surface area contributed by atoms with Crippen molar-refractivity contribution in [2.75, 3.05) is 7.11 Å². The molecule has 0 bridgehead atoms. The van der Waals surface area contributed by atoms with Crippen molar-refractivity contribution >= 4 is 0 Å². The predicted molar refractivity (Wildman–Crippen MR) is 62.2 cm³/mol. The molecular weight excluding hydrogens is 238 g/mol. The zero-order valence-corrected chi connectivity index (χ0v) is 10.4. The number of rotatable bonds is 5. The van der Waals surface area contributed by atoms with E-state index in [0.29, 0.717) is 0 Å². The Kier molecular flexibility index (Phi) is 5.60. The normalized spacial score (nSPS) is 9.71. The van der Waals surface area contributed by atoms with E-state index in [1.54, 1.807) is 13.4 Å². The molecule has 2 rings (SSSR count). The fourth-order valence-corrected chi connectivity index (χ4v) is 1.58. The Balaban J connectivity index is 0.00000144. The summed E-state index contributed by atoms with van der Waals surface area (Å²) in [6.45, 7) is 1.50. The summed E-state index contributed by atoms with van der Waals surface area (Å²) in [5, 5.41) is 3.31. The number of ether oxygens (including phenoxy) is 1. The zero-order valence-electron chi connectivity index (χ0n) is 9.65. The minimum absolute atomic E-state index is 0. The third-order valence-corrected chi connectivity index (χ3v) is 2.39. The van der Waals surface area contributed by atoms with Crippen molar-refractivity contribution in [1.82, 2.24) is 5.32 Å². The number of furan rings is 1. The molecule has 0 atom stereocenters. The van der Waals surface area contributed by atoms with Gasteiger partial charge in [-0.25, -0.2) is 0 Å². The van der Waals surface area contributed by atoms with E-state index in [0.717, 1.165) is 30.2 Å². The second-order valence-electron chi connectivity index (χ2n) is 3.49. The second kappa shape index (κ2) is 6.99. The Hall–Kier alpha value is -1.45. The molecule has 1 aromatic carbocycles. The van der Waals surface area contributed by atoms with Crippen LogP contribution in [0.5, 0.6) is 5.75 Å². The van der Waals surface area contributed by atoms with Gasteiger partial charge >= 0.3 is 0 Å². The van der Waals surface area contributed by atoms with Gasteiger partial charge in [-0.3, -0.25) is 0 Å². The van der Waals surface area contributed by atoms with Crippen LogP contribution in [0.15, 0.2) is 47.1 Å². The average Bonchev–Trinajstić information content (AvgIpc) is 2.83. The molecule has 0 unspecified atom stereocenters. The molecule has 0 saturated heterocycles. The number of hydrogen-bond donors (Lipinski definition) is 1. The summed E-state index contributed by atoms with van der Waals surface area (Å²) >= 11 is 0. The van der Waals surface area contributed by atoms with Gasteiger partial charge in [0, 0.05) is 12.1 Å². The van der Waals surface area contributed by atoms with Crippen LogP contribution in [0.4, 0.5) is 0 Å². The summed E-state index contributed by atoms with van der Waals surface area (Å²) in [4.78, 5) is 0. The molecule has 2 aromatic rings. The molecule has 0 aliphatic heterocycles. The number of benzene rings is 1. The maximum atomic E-state index is 5.27. The standard InChI is InChI=1S/C13H15NO2.ClH/c1-15-13-7-3-2-5-11(13)9-14-10-12-6-4-8-16-12;/h2-8,14H,9-10H2,1H3;1H/p-1. The van der Waals surface area contributed by atoms with Gasteiger partial charge in [-0.15, -0.1) is 0 Å². The molecule has 17 heavy (non-hydrogen) atoms. The first-order valence-corrected chi connectivity index (χ1v) is 5.25. The molecule has 0 spiro atoms. The molecule has 0 aliphatic carbocycles. The van der Waals surface area contributed by atoms with Gasteiger partial charge < -0.3 is 26.9 Å². The van der Waals surface area contributed by atoms with Gasteiger partial charge in [0.25, 0.3) is 0 Å². The molecule has 0 radical (unpaired) electrons. The van der Waals surface area contributed by atoms with Crippen LogP contribution >= 0.6 is 0 Å². The summed E-state index contributed by atoms with van der Waals surface area (Å²) < 4.78 is 10.5. The van der Waals surface area contributed by atoms with E-state index in [-0.39, 0.29) is 12.4 Å². The van der Waals surface area contributed by atoms with Gasteiger partial charge in [0.05, 0.1) is 19.9 Å². The van der Waals surface area contributed by atoms with Crippen LogP contribution < -0.4 is 22.5 Å². The molecule has 0 amide bonds. The van der Waals surface area contributed by atoms with Crippen molar-refractivity contribution in [3.8, 4) is 5.75 Å². The molecule has 92 valence electrons. The number of methoxy groups -OCH3 is 1. The van der Waals surface area contributed by atoms with E-state index < -0.39 is 0 Å². The lowest BCUT2D eigenvalue weighted by atomic mass is 10.2. The van der Waals surface area contributed by atoms with Crippen molar-refractivity contribution in [2.45, 2.75) is 13.1 Å². The quantitative estimate of drug-likeness (QED) is 0.785. The Labute approximate surface area is 107 Å². The number of para-hydroxylation sites is 1. The maximum Gasteiger partial charge on any atom is 0.123 e. The molecule has 1 aromatic heterocycles. The van der Waals surface area contributed by atoms with E-state index in [1.807, 2.05) is 36.4 Å². The molecule has 0 saturated carbocycles. The average molecular weight is 253 g/mol. The Morgan fingerprint density at radius 3 is 2.65 bits per heavy atom. The van der Waals surface area contributed by atoms with Gasteiger partial charge in [-0.1, -0.05) is 18.2 Å². The largest absolute Gasteiger partial charge is 1.00 e. The zero-order chi connectivity index (χ0) is 11.2. The summed E-state index contributed by atoms with van der Waals surface area (Å²) in [6.07, 6.45) is 1.68. The predicted octanol–water partition coefficient (Wildman–Crippen LogP) is -0.418. The minimum Gasteiger partial charge on any atom is -1.00 e. The number of hydrogen-bond acceptors (Lipinski definition) is 3. The highest BCUT2D eigenvalue weighted by Gasteiger charge is 2.01. The van der Waals surface area contributed by atoms with Gasteiger partial charge in [-0.2, -0.15) is 0 Å². The van der Waals surface area contributed by atoms with Crippen molar-refractivity contribution in [2.24, 2.45) is 0 Å². The Bertz CT molecular complexity index is 429. The van der Waals surface area contributed by atoms with Crippen LogP contribution in [-0.2, 0) is 13.1 Å². The highest BCUT2D eigenvalue weighted by atomic mass is 35.5. The summed E-state index contributed by atoms with van der Waals surface area (Å²) in [5.41, 5.74) is 1.15. The first-order valence-electron chi connectivity index (χ1n) is 5.25. The van der Waals surface area contributed by atoms with Crippen LogP contribution in [0.25, 0.3) is 0 Å². The van der Waals surface area contributed by atoms with Crippen molar-refractivity contribution in [3.05, 3.63) is 54.0 Å².